The van der Waals surface area contributed by atoms with Crippen molar-refractivity contribution >= 4 is 5.97 Å². The molecule has 1 aromatic rings. The summed E-state index contributed by atoms with van der Waals surface area (Å²) in [6, 6.07) is 5.90. The second-order valence-corrected chi connectivity index (χ2v) is 3.99. The predicted octanol–water partition coefficient (Wildman–Crippen LogP) is 2.48. The van der Waals surface area contributed by atoms with Crippen molar-refractivity contribution in [2.75, 3.05) is 0 Å². The quantitative estimate of drug-likeness (QED) is 0.806. The third-order valence-corrected chi connectivity index (χ3v) is 2.14. The molecule has 0 amide bonds. The first-order chi connectivity index (χ1) is 6.42. The van der Waals surface area contributed by atoms with E-state index < -0.39 is 11.4 Å². The smallest absolute Gasteiger partial charge is 0.309 e. The van der Waals surface area contributed by atoms with Gasteiger partial charge in [0, 0.05) is 0 Å². The van der Waals surface area contributed by atoms with Crippen LogP contribution in [0, 0.1) is 11.2 Å². The predicted molar refractivity (Wildman–Crippen MR) is 51.5 cm³/mol. The van der Waals surface area contributed by atoms with Crippen LogP contribution in [0.5, 0.6) is 0 Å². The molecule has 14 heavy (non-hydrogen) atoms. The summed E-state index contributed by atoms with van der Waals surface area (Å²) >= 11 is 0. The first kappa shape index (κ1) is 10.7. The van der Waals surface area contributed by atoms with E-state index in [1.54, 1.807) is 26.0 Å². The largest absolute Gasteiger partial charge is 0.481 e. The number of hydrogen-bond donors (Lipinski definition) is 1. The molecule has 0 radical (unpaired) electrons. The van der Waals surface area contributed by atoms with Crippen LogP contribution >= 0.6 is 0 Å². The summed E-state index contributed by atoms with van der Waals surface area (Å²) in [5, 5.41) is 8.88. The Morgan fingerprint density at radius 1 is 1.36 bits per heavy atom. The Kier molecular flexibility index (Phi) is 2.89. The molecule has 1 aromatic carbocycles. The molecule has 0 atom stereocenters. The van der Waals surface area contributed by atoms with E-state index in [-0.39, 0.29) is 5.82 Å². The molecule has 0 saturated heterocycles. The van der Waals surface area contributed by atoms with Gasteiger partial charge in [-0.05, 0) is 38.0 Å². The number of hydrogen-bond acceptors (Lipinski definition) is 1. The van der Waals surface area contributed by atoms with Gasteiger partial charge in [0.2, 0.25) is 0 Å². The van der Waals surface area contributed by atoms with Gasteiger partial charge in [0.1, 0.15) is 5.82 Å². The summed E-state index contributed by atoms with van der Waals surface area (Å²) in [5.74, 6) is -1.15. The molecule has 1 rings (SSSR count). The molecular weight excluding hydrogens is 183 g/mol. The fraction of sp³-hybridized carbons (Fsp3) is 0.364. The van der Waals surface area contributed by atoms with Crippen molar-refractivity contribution in [3.05, 3.63) is 35.6 Å². The highest BCUT2D eigenvalue weighted by Crippen LogP contribution is 2.21. The number of benzene rings is 1. The summed E-state index contributed by atoms with van der Waals surface area (Å²) in [7, 11) is 0. The Morgan fingerprint density at radius 3 is 2.29 bits per heavy atom. The zero-order valence-corrected chi connectivity index (χ0v) is 8.25. The van der Waals surface area contributed by atoms with Crippen LogP contribution in [0.4, 0.5) is 4.39 Å². The molecule has 1 N–H and O–H groups in total. The second-order valence-electron chi connectivity index (χ2n) is 3.99. The van der Waals surface area contributed by atoms with E-state index in [0.29, 0.717) is 6.42 Å². The average molecular weight is 196 g/mol. The molecule has 0 bridgehead atoms. The van der Waals surface area contributed by atoms with E-state index in [1.165, 1.54) is 12.1 Å². The molecular formula is C11H13FO2. The molecule has 0 saturated carbocycles. The number of carbonyl (C=O) groups is 1. The maximum Gasteiger partial charge on any atom is 0.309 e. The fourth-order valence-corrected chi connectivity index (χ4v) is 1.19. The Morgan fingerprint density at radius 2 is 1.86 bits per heavy atom. The van der Waals surface area contributed by atoms with Gasteiger partial charge >= 0.3 is 5.97 Å². The van der Waals surface area contributed by atoms with Gasteiger partial charge in [0.25, 0.3) is 0 Å². The lowest BCUT2D eigenvalue weighted by atomic mass is 9.86. The van der Waals surface area contributed by atoms with Gasteiger partial charge < -0.3 is 5.11 Å². The molecule has 0 aliphatic carbocycles. The lowest BCUT2D eigenvalue weighted by molar-refractivity contribution is -0.146. The van der Waals surface area contributed by atoms with Crippen molar-refractivity contribution in [3.63, 3.8) is 0 Å². The second kappa shape index (κ2) is 3.78. The van der Waals surface area contributed by atoms with Crippen LogP contribution < -0.4 is 0 Å². The lowest BCUT2D eigenvalue weighted by Gasteiger charge is -2.18. The SMILES string of the molecule is CC(C)(Cc1ccc(F)cc1)C(=O)O. The van der Waals surface area contributed by atoms with Crippen molar-refractivity contribution in [2.24, 2.45) is 5.41 Å². The maximum atomic E-state index is 12.6. The first-order valence-corrected chi connectivity index (χ1v) is 4.40. The van der Waals surface area contributed by atoms with Crippen molar-refractivity contribution in [3.8, 4) is 0 Å². The number of aliphatic carboxylic acids is 1. The van der Waals surface area contributed by atoms with Crippen LogP contribution in [0.3, 0.4) is 0 Å². The molecule has 76 valence electrons. The molecule has 0 unspecified atom stereocenters. The Labute approximate surface area is 82.4 Å². The van der Waals surface area contributed by atoms with Gasteiger partial charge in [0.05, 0.1) is 5.41 Å². The van der Waals surface area contributed by atoms with E-state index in [2.05, 4.69) is 0 Å². The van der Waals surface area contributed by atoms with E-state index in [4.69, 9.17) is 5.11 Å². The average Bonchev–Trinajstić information content (AvgIpc) is 2.08. The molecule has 3 heteroatoms. The summed E-state index contributed by atoms with van der Waals surface area (Å²) < 4.78 is 12.6. The number of carboxylic acids is 1. The van der Waals surface area contributed by atoms with Gasteiger partial charge in [-0.15, -0.1) is 0 Å². The zero-order chi connectivity index (χ0) is 10.8. The number of carboxylic acid groups (broad SMARTS) is 1. The van der Waals surface area contributed by atoms with E-state index in [1.807, 2.05) is 0 Å². The molecule has 0 aromatic heterocycles. The van der Waals surface area contributed by atoms with Gasteiger partial charge in [-0.25, -0.2) is 4.39 Å². The van der Waals surface area contributed by atoms with Crippen LogP contribution in [0.1, 0.15) is 19.4 Å². The zero-order valence-electron chi connectivity index (χ0n) is 8.25. The first-order valence-electron chi connectivity index (χ1n) is 4.40. The van der Waals surface area contributed by atoms with Crippen molar-refractivity contribution in [2.45, 2.75) is 20.3 Å². The minimum Gasteiger partial charge on any atom is -0.481 e. The standard InChI is InChI=1S/C11H13FO2/c1-11(2,10(13)14)7-8-3-5-9(12)6-4-8/h3-6H,7H2,1-2H3,(H,13,14). The fourth-order valence-electron chi connectivity index (χ4n) is 1.19. The molecule has 0 fully saturated rings. The Bertz CT molecular complexity index is 328. The van der Waals surface area contributed by atoms with Crippen molar-refractivity contribution in [1.29, 1.82) is 0 Å². The van der Waals surface area contributed by atoms with Gasteiger partial charge in [-0.3, -0.25) is 4.79 Å². The summed E-state index contributed by atoms with van der Waals surface area (Å²) in [6.45, 7) is 3.30. The highest BCUT2D eigenvalue weighted by molar-refractivity contribution is 5.74. The molecule has 0 spiro atoms. The van der Waals surface area contributed by atoms with E-state index in [0.717, 1.165) is 5.56 Å². The molecule has 0 heterocycles. The minimum atomic E-state index is -0.846. The van der Waals surface area contributed by atoms with Crippen LogP contribution in [-0.4, -0.2) is 11.1 Å². The Balaban J connectivity index is 2.79. The van der Waals surface area contributed by atoms with Crippen LogP contribution in [0.2, 0.25) is 0 Å². The van der Waals surface area contributed by atoms with Crippen LogP contribution in [-0.2, 0) is 11.2 Å². The third-order valence-electron chi connectivity index (χ3n) is 2.14. The maximum absolute atomic E-state index is 12.6. The molecule has 0 aliphatic rings. The van der Waals surface area contributed by atoms with Crippen molar-refractivity contribution in [1.82, 2.24) is 0 Å². The highest BCUT2D eigenvalue weighted by Gasteiger charge is 2.27. The normalized spacial score (nSPS) is 11.4. The number of rotatable bonds is 3. The third kappa shape index (κ3) is 2.55. The summed E-state index contributed by atoms with van der Waals surface area (Å²) in [5.41, 5.74) is 0.0245. The van der Waals surface area contributed by atoms with Crippen LogP contribution in [0.15, 0.2) is 24.3 Å². The minimum absolute atomic E-state index is 0.304. The van der Waals surface area contributed by atoms with Gasteiger partial charge in [0.15, 0.2) is 0 Å². The highest BCUT2D eigenvalue weighted by atomic mass is 19.1. The lowest BCUT2D eigenvalue weighted by Crippen LogP contribution is -2.26. The number of halogens is 1. The van der Waals surface area contributed by atoms with Crippen LogP contribution in [0.25, 0.3) is 0 Å². The topological polar surface area (TPSA) is 37.3 Å². The monoisotopic (exact) mass is 196 g/mol. The molecule has 0 aliphatic heterocycles. The van der Waals surface area contributed by atoms with Gasteiger partial charge in [-0.1, -0.05) is 12.1 Å². The van der Waals surface area contributed by atoms with Gasteiger partial charge in [-0.2, -0.15) is 0 Å². The van der Waals surface area contributed by atoms with E-state index in [9.17, 15) is 9.18 Å². The summed E-state index contributed by atoms with van der Waals surface area (Å²) in [4.78, 5) is 10.8. The Hall–Kier alpha value is -1.38. The summed E-state index contributed by atoms with van der Waals surface area (Å²) in [6.07, 6.45) is 0.405. The van der Waals surface area contributed by atoms with Crippen molar-refractivity contribution < 1.29 is 14.3 Å². The molecule has 2 nitrogen and oxygen atoms in total. The van der Waals surface area contributed by atoms with E-state index >= 15 is 0 Å².